The van der Waals surface area contributed by atoms with Crippen LogP contribution in [0.1, 0.15) is 39.2 Å². The van der Waals surface area contributed by atoms with Gasteiger partial charge in [-0.15, -0.1) is 0 Å². The average Bonchev–Trinajstić information content (AvgIpc) is 3.03. The van der Waals surface area contributed by atoms with E-state index in [9.17, 15) is 9.59 Å². The van der Waals surface area contributed by atoms with Gasteiger partial charge < -0.3 is 14.2 Å². The van der Waals surface area contributed by atoms with Crippen LogP contribution in [0.4, 0.5) is 4.79 Å². The van der Waals surface area contributed by atoms with E-state index in [1.807, 2.05) is 30.3 Å². The van der Waals surface area contributed by atoms with Gasteiger partial charge in [0.05, 0.1) is 13.2 Å². The van der Waals surface area contributed by atoms with E-state index in [-0.39, 0.29) is 6.61 Å². The molecule has 0 spiro atoms. The van der Waals surface area contributed by atoms with Gasteiger partial charge in [-0.2, -0.15) is 0 Å². The third kappa shape index (κ3) is 6.38. The number of amides is 1. The Kier molecular flexibility index (Phi) is 6.82. The summed E-state index contributed by atoms with van der Waals surface area (Å²) < 4.78 is 16.1. The average molecular weight is 349 g/mol. The second-order valence-electron chi connectivity index (χ2n) is 7.04. The molecule has 0 aromatic heterocycles. The first-order valence-electron chi connectivity index (χ1n) is 8.65. The van der Waals surface area contributed by atoms with Crippen molar-refractivity contribution >= 4 is 12.1 Å². The number of rotatable bonds is 6. The third-order valence-corrected chi connectivity index (χ3v) is 3.74. The van der Waals surface area contributed by atoms with Crippen molar-refractivity contribution in [1.29, 1.82) is 0 Å². The van der Waals surface area contributed by atoms with E-state index in [0.717, 1.165) is 12.0 Å². The quantitative estimate of drug-likeness (QED) is 0.583. The molecule has 25 heavy (non-hydrogen) atoms. The normalized spacial score (nSPS) is 17.4. The fraction of sp³-hybridized carbons (Fsp3) is 0.579. The van der Waals surface area contributed by atoms with E-state index in [1.165, 1.54) is 4.90 Å². The zero-order valence-electron chi connectivity index (χ0n) is 15.2. The van der Waals surface area contributed by atoms with E-state index in [0.29, 0.717) is 26.2 Å². The summed E-state index contributed by atoms with van der Waals surface area (Å²) in [5.74, 6) is -0.397. The standard InChI is InChI=1S/C19H27NO5/c1-19(2,3)25-18(22)20-11-7-10-16(20)17(21)24-13-12-23-14-15-8-5-4-6-9-15/h4-6,8-9,16H,7,10-14H2,1-3H3. The van der Waals surface area contributed by atoms with Gasteiger partial charge in [0.15, 0.2) is 0 Å². The maximum atomic E-state index is 12.2. The van der Waals surface area contributed by atoms with Gasteiger partial charge in [-0.1, -0.05) is 30.3 Å². The Morgan fingerprint density at radius 2 is 1.88 bits per heavy atom. The Morgan fingerprint density at radius 1 is 1.16 bits per heavy atom. The molecule has 0 aliphatic carbocycles. The van der Waals surface area contributed by atoms with Gasteiger partial charge in [0, 0.05) is 6.54 Å². The van der Waals surface area contributed by atoms with Crippen LogP contribution in [0, 0.1) is 0 Å². The van der Waals surface area contributed by atoms with E-state index in [2.05, 4.69) is 0 Å². The maximum absolute atomic E-state index is 12.2. The molecule has 1 saturated heterocycles. The van der Waals surface area contributed by atoms with Crippen molar-refractivity contribution in [3.8, 4) is 0 Å². The molecule has 1 atom stereocenters. The number of hydrogen-bond acceptors (Lipinski definition) is 5. The number of nitrogens with zero attached hydrogens (tertiary/aromatic N) is 1. The Hall–Kier alpha value is -2.08. The van der Waals surface area contributed by atoms with E-state index < -0.39 is 23.7 Å². The second kappa shape index (κ2) is 8.85. The summed E-state index contributed by atoms with van der Waals surface area (Å²) >= 11 is 0. The molecule has 1 fully saturated rings. The molecule has 0 bridgehead atoms. The van der Waals surface area contributed by atoms with Crippen LogP contribution in [-0.2, 0) is 25.6 Å². The summed E-state index contributed by atoms with van der Waals surface area (Å²) in [5, 5.41) is 0. The molecule has 0 radical (unpaired) electrons. The lowest BCUT2D eigenvalue weighted by atomic mass is 10.2. The zero-order valence-corrected chi connectivity index (χ0v) is 15.2. The first-order chi connectivity index (χ1) is 11.9. The molecule has 1 unspecified atom stereocenters. The first kappa shape index (κ1) is 19.2. The van der Waals surface area contributed by atoms with Crippen LogP contribution >= 0.6 is 0 Å². The summed E-state index contributed by atoms with van der Waals surface area (Å²) in [7, 11) is 0. The fourth-order valence-electron chi connectivity index (χ4n) is 2.61. The summed E-state index contributed by atoms with van der Waals surface area (Å²) in [6, 6.07) is 9.23. The van der Waals surface area contributed by atoms with E-state index in [4.69, 9.17) is 14.2 Å². The molecule has 6 heteroatoms. The Morgan fingerprint density at radius 3 is 2.56 bits per heavy atom. The monoisotopic (exact) mass is 349 g/mol. The zero-order chi connectivity index (χ0) is 18.3. The van der Waals surface area contributed by atoms with Gasteiger partial charge in [-0.3, -0.25) is 4.90 Å². The molecule has 1 heterocycles. The van der Waals surface area contributed by atoms with Crippen LogP contribution in [0.15, 0.2) is 30.3 Å². The molecular formula is C19H27NO5. The van der Waals surface area contributed by atoms with Crippen molar-refractivity contribution in [2.24, 2.45) is 0 Å². The molecule has 0 saturated carbocycles. The molecule has 1 aromatic rings. The van der Waals surface area contributed by atoms with Crippen molar-refractivity contribution in [2.75, 3.05) is 19.8 Å². The number of hydrogen-bond donors (Lipinski definition) is 0. The largest absolute Gasteiger partial charge is 0.462 e. The number of esters is 1. The predicted octanol–water partition coefficient (Wildman–Crippen LogP) is 3.15. The summed E-state index contributed by atoms with van der Waals surface area (Å²) in [6.45, 7) is 6.89. The van der Waals surface area contributed by atoms with Crippen molar-refractivity contribution in [3.63, 3.8) is 0 Å². The summed E-state index contributed by atoms with van der Waals surface area (Å²) in [4.78, 5) is 25.9. The molecule has 6 nitrogen and oxygen atoms in total. The van der Waals surface area contributed by atoms with Crippen LogP contribution in [0.25, 0.3) is 0 Å². The SMILES string of the molecule is CC(C)(C)OC(=O)N1CCCC1C(=O)OCCOCc1ccccc1. The van der Waals surface area contributed by atoms with Gasteiger partial charge in [-0.05, 0) is 39.2 Å². The Labute approximate surface area is 149 Å². The molecule has 1 amide bonds. The van der Waals surface area contributed by atoms with Crippen molar-refractivity contribution < 1.29 is 23.8 Å². The molecule has 138 valence electrons. The molecule has 1 aromatic carbocycles. The van der Waals surface area contributed by atoms with Crippen molar-refractivity contribution in [3.05, 3.63) is 35.9 Å². The van der Waals surface area contributed by atoms with Gasteiger partial charge in [0.25, 0.3) is 0 Å². The number of carbonyl (C=O) groups is 2. The van der Waals surface area contributed by atoms with Gasteiger partial charge in [0.1, 0.15) is 18.2 Å². The molecule has 1 aliphatic rings. The Bertz CT molecular complexity index is 567. The molecule has 1 aliphatic heterocycles. The first-order valence-corrected chi connectivity index (χ1v) is 8.65. The Balaban J connectivity index is 1.71. The van der Waals surface area contributed by atoms with Gasteiger partial charge in [-0.25, -0.2) is 9.59 Å². The summed E-state index contributed by atoms with van der Waals surface area (Å²) in [6.07, 6.45) is 0.902. The highest BCUT2D eigenvalue weighted by Gasteiger charge is 2.37. The number of likely N-dealkylation sites (tertiary alicyclic amines) is 1. The smallest absolute Gasteiger partial charge is 0.411 e. The van der Waals surface area contributed by atoms with Crippen molar-refractivity contribution in [2.45, 2.75) is 51.9 Å². The minimum absolute atomic E-state index is 0.171. The fourth-order valence-corrected chi connectivity index (χ4v) is 2.61. The molecule has 2 rings (SSSR count). The highest BCUT2D eigenvalue weighted by atomic mass is 16.6. The van der Waals surface area contributed by atoms with Crippen LogP contribution in [-0.4, -0.2) is 48.4 Å². The van der Waals surface area contributed by atoms with Gasteiger partial charge in [0.2, 0.25) is 0 Å². The number of carbonyl (C=O) groups excluding carboxylic acids is 2. The molecule has 0 N–H and O–H groups in total. The third-order valence-electron chi connectivity index (χ3n) is 3.74. The lowest BCUT2D eigenvalue weighted by Gasteiger charge is -2.27. The van der Waals surface area contributed by atoms with Crippen LogP contribution < -0.4 is 0 Å². The number of benzene rings is 1. The van der Waals surface area contributed by atoms with Crippen LogP contribution in [0.3, 0.4) is 0 Å². The van der Waals surface area contributed by atoms with E-state index >= 15 is 0 Å². The van der Waals surface area contributed by atoms with E-state index in [1.54, 1.807) is 20.8 Å². The summed E-state index contributed by atoms with van der Waals surface area (Å²) in [5.41, 5.74) is 0.486. The lowest BCUT2D eigenvalue weighted by molar-refractivity contribution is -0.150. The molecular weight excluding hydrogens is 322 g/mol. The maximum Gasteiger partial charge on any atom is 0.411 e. The van der Waals surface area contributed by atoms with Crippen LogP contribution in [0.5, 0.6) is 0 Å². The number of ether oxygens (including phenoxy) is 3. The highest BCUT2D eigenvalue weighted by Crippen LogP contribution is 2.21. The predicted molar refractivity (Wildman–Crippen MR) is 93.0 cm³/mol. The minimum atomic E-state index is -0.584. The van der Waals surface area contributed by atoms with Gasteiger partial charge >= 0.3 is 12.1 Å². The van der Waals surface area contributed by atoms with Crippen LogP contribution in [0.2, 0.25) is 0 Å². The lowest BCUT2D eigenvalue weighted by Crippen LogP contribution is -2.44. The topological polar surface area (TPSA) is 65.1 Å². The second-order valence-corrected chi connectivity index (χ2v) is 7.04. The van der Waals surface area contributed by atoms with Crippen molar-refractivity contribution in [1.82, 2.24) is 4.90 Å². The minimum Gasteiger partial charge on any atom is -0.462 e. The highest BCUT2D eigenvalue weighted by molar-refractivity contribution is 5.82.